The standard InChI is InChI=1S/C18H26N2O5S/c1-3-19(4-2)17(21)15-5-7-16(8-6-15)26(22,23)20-11-9-18(10-12-20)24-13-14-25-18/h5-8H,3-4,9-14H2,1-2H3. The summed E-state index contributed by atoms with van der Waals surface area (Å²) in [7, 11) is -3.58. The summed E-state index contributed by atoms with van der Waals surface area (Å²) in [6.07, 6.45) is 1.06. The highest BCUT2D eigenvalue weighted by Gasteiger charge is 2.42. The number of sulfonamides is 1. The van der Waals surface area contributed by atoms with Gasteiger partial charge in [0, 0.05) is 44.6 Å². The van der Waals surface area contributed by atoms with Crippen LogP contribution in [0.25, 0.3) is 0 Å². The zero-order valence-electron chi connectivity index (χ0n) is 15.3. The summed E-state index contributed by atoms with van der Waals surface area (Å²) in [5.74, 6) is -0.694. The predicted octanol–water partition coefficient (Wildman–Crippen LogP) is 1.70. The lowest BCUT2D eigenvalue weighted by atomic mass is 10.1. The molecule has 0 atom stereocenters. The molecule has 1 spiro atoms. The Morgan fingerprint density at radius 1 is 1.08 bits per heavy atom. The highest BCUT2D eigenvalue weighted by molar-refractivity contribution is 7.89. The van der Waals surface area contributed by atoms with E-state index in [9.17, 15) is 13.2 Å². The molecule has 0 bridgehead atoms. The van der Waals surface area contributed by atoms with Gasteiger partial charge in [0.1, 0.15) is 0 Å². The number of carbonyl (C=O) groups is 1. The summed E-state index contributed by atoms with van der Waals surface area (Å²) >= 11 is 0. The molecule has 0 aliphatic carbocycles. The van der Waals surface area contributed by atoms with Crippen molar-refractivity contribution in [2.24, 2.45) is 0 Å². The van der Waals surface area contributed by atoms with Crippen LogP contribution in [0.1, 0.15) is 37.0 Å². The van der Waals surface area contributed by atoms with Crippen molar-refractivity contribution in [2.45, 2.75) is 37.4 Å². The monoisotopic (exact) mass is 382 g/mol. The molecule has 0 aromatic heterocycles. The van der Waals surface area contributed by atoms with E-state index >= 15 is 0 Å². The highest BCUT2D eigenvalue weighted by atomic mass is 32.2. The van der Waals surface area contributed by atoms with Crippen LogP contribution in [0.15, 0.2) is 29.2 Å². The Balaban J connectivity index is 1.71. The minimum Gasteiger partial charge on any atom is -0.347 e. The number of carbonyl (C=O) groups excluding carboxylic acids is 1. The molecule has 2 saturated heterocycles. The third-order valence-corrected chi connectivity index (χ3v) is 7.00. The Bertz CT molecular complexity index is 727. The summed E-state index contributed by atoms with van der Waals surface area (Å²) in [5.41, 5.74) is 0.498. The third kappa shape index (κ3) is 3.64. The Labute approximate surface area is 154 Å². The Morgan fingerprint density at radius 2 is 1.62 bits per heavy atom. The van der Waals surface area contributed by atoms with E-state index in [2.05, 4.69) is 0 Å². The second-order valence-electron chi connectivity index (χ2n) is 6.51. The van der Waals surface area contributed by atoms with Crippen molar-refractivity contribution in [3.05, 3.63) is 29.8 Å². The molecule has 2 heterocycles. The van der Waals surface area contributed by atoms with Gasteiger partial charge in [0.2, 0.25) is 10.0 Å². The van der Waals surface area contributed by atoms with Crippen LogP contribution in [0.3, 0.4) is 0 Å². The molecular weight excluding hydrogens is 356 g/mol. The van der Waals surface area contributed by atoms with Gasteiger partial charge in [-0.3, -0.25) is 4.79 Å². The quantitative estimate of drug-likeness (QED) is 0.775. The number of piperidine rings is 1. The fourth-order valence-electron chi connectivity index (χ4n) is 3.46. The summed E-state index contributed by atoms with van der Waals surface area (Å²) in [6.45, 7) is 6.93. The summed E-state index contributed by atoms with van der Waals surface area (Å²) in [5, 5.41) is 0. The fraction of sp³-hybridized carbons (Fsp3) is 0.611. The highest BCUT2D eigenvalue weighted by Crippen LogP contribution is 2.33. The number of rotatable bonds is 5. The van der Waals surface area contributed by atoms with Crippen LogP contribution in [0.5, 0.6) is 0 Å². The second-order valence-corrected chi connectivity index (χ2v) is 8.45. The SMILES string of the molecule is CCN(CC)C(=O)c1ccc(S(=O)(=O)N2CCC3(CC2)OCCO3)cc1. The number of hydrogen-bond acceptors (Lipinski definition) is 5. The van der Waals surface area contributed by atoms with Gasteiger partial charge in [0.05, 0.1) is 18.1 Å². The van der Waals surface area contributed by atoms with Crippen LogP contribution in [0.4, 0.5) is 0 Å². The maximum absolute atomic E-state index is 12.9. The van der Waals surface area contributed by atoms with Gasteiger partial charge in [-0.25, -0.2) is 8.42 Å². The van der Waals surface area contributed by atoms with Crippen LogP contribution in [0, 0.1) is 0 Å². The lowest BCUT2D eigenvalue weighted by Crippen LogP contribution is -2.47. The normalized spacial score (nSPS) is 20.4. The number of hydrogen-bond donors (Lipinski definition) is 0. The van der Waals surface area contributed by atoms with Gasteiger partial charge >= 0.3 is 0 Å². The van der Waals surface area contributed by atoms with Crippen LogP contribution in [0.2, 0.25) is 0 Å². The molecule has 1 aromatic rings. The first-order chi connectivity index (χ1) is 12.4. The molecule has 8 heteroatoms. The largest absolute Gasteiger partial charge is 0.347 e. The fourth-order valence-corrected chi connectivity index (χ4v) is 4.91. The van der Waals surface area contributed by atoms with E-state index in [0.29, 0.717) is 57.8 Å². The Morgan fingerprint density at radius 3 is 2.12 bits per heavy atom. The average molecular weight is 382 g/mol. The van der Waals surface area contributed by atoms with Gasteiger partial charge in [0.25, 0.3) is 5.91 Å². The first-order valence-corrected chi connectivity index (χ1v) is 10.5. The van der Waals surface area contributed by atoms with E-state index in [1.165, 1.54) is 16.4 Å². The topological polar surface area (TPSA) is 76.2 Å². The van der Waals surface area contributed by atoms with Crippen LogP contribution in [-0.4, -0.2) is 68.7 Å². The zero-order chi connectivity index (χ0) is 18.8. The number of nitrogens with zero attached hydrogens (tertiary/aromatic N) is 2. The molecule has 26 heavy (non-hydrogen) atoms. The van der Waals surface area contributed by atoms with Crippen LogP contribution < -0.4 is 0 Å². The van der Waals surface area contributed by atoms with Crippen molar-refractivity contribution < 1.29 is 22.7 Å². The molecule has 2 aliphatic heterocycles. The van der Waals surface area contributed by atoms with Crippen LogP contribution >= 0.6 is 0 Å². The number of amides is 1. The number of ether oxygens (including phenoxy) is 2. The van der Waals surface area contributed by atoms with Crippen molar-refractivity contribution in [1.29, 1.82) is 0 Å². The predicted molar refractivity (Wildman–Crippen MR) is 96.3 cm³/mol. The van der Waals surface area contributed by atoms with Gasteiger partial charge in [0.15, 0.2) is 5.79 Å². The number of benzene rings is 1. The van der Waals surface area contributed by atoms with Gasteiger partial charge in [-0.15, -0.1) is 0 Å². The second kappa shape index (κ2) is 7.64. The lowest BCUT2D eigenvalue weighted by molar-refractivity contribution is -0.179. The molecule has 144 valence electrons. The molecule has 1 amide bonds. The van der Waals surface area contributed by atoms with E-state index in [4.69, 9.17) is 9.47 Å². The third-order valence-electron chi connectivity index (χ3n) is 5.09. The summed E-state index contributed by atoms with van der Waals surface area (Å²) in [4.78, 5) is 14.3. The van der Waals surface area contributed by atoms with E-state index in [-0.39, 0.29) is 10.8 Å². The Hall–Kier alpha value is -1.48. The molecule has 3 rings (SSSR count). The van der Waals surface area contributed by atoms with Crippen molar-refractivity contribution in [3.63, 3.8) is 0 Å². The summed E-state index contributed by atoms with van der Waals surface area (Å²) in [6, 6.07) is 6.20. The van der Waals surface area contributed by atoms with Gasteiger partial charge in [-0.2, -0.15) is 4.31 Å². The van der Waals surface area contributed by atoms with E-state index < -0.39 is 15.8 Å². The maximum atomic E-state index is 12.9. The first-order valence-electron chi connectivity index (χ1n) is 9.09. The molecule has 0 unspecified atom stereocenters. The average Bonchev–Trinajstić information content (AvgIpc) is 3.11. The molecule has 2 aliphatic rings. The first kappa shape index (κ1) is 19.3. The molecule has 1 aromatic carbocycles. The minimum atomic E-state index is -3.58. The summed E-state index contributed by atoms with van der Waals surface area (Å²) < 4.78 is 38.5. The van der Waals surface area contributed by atoms with Crippen molar-refractivity contribution >= 4 is 15.9 Å². The maximum Gasteiger partial charge on any atom is 0.253 e. The van der Waals surface area contributed by atoms with Gasteiger partial charge in [-0.1, -0.05) is 0 Å². The van der Waals surface area contributed by atoms with Crippen LogP contribution in [-0.2, 0) is 19.5 Å². The van der Waals surface area contributed by atoms with Crippen molar-refractivity contribution in [3.8, 4) is 0 Å². The molecular formula is C18H26N2O5S. The van der Waals surface area contributed by atoms with E-state index in [0.717, 1.165) is 0 Å². The Kier molecular flexibility index (Phi) is 5.67. The molecule has 0 radical (unpaired) electrons. The van der Waals surface area contributed by atoms with Gasteiger partial charge < -0.3 is 14.4 Å². The van der Waals surface area contributed by atoms with Gasteiger partial charge in [-0.05, 0) is 38.1 Å². The molecule has 7 nitrogen and oxygen atoms in total. The van der Waals surface area contributed by atoms with Crippen molar-refractivity contribution in [1.82, 2.24) is 9.21 Å². The minimum absolute atomic E-state index is 0.0885. The smallest absolute Gasteiger partial charge is 0.253 e. The zero-order valence-corrected chi connectivity index (χ0v) is 16.1. The molecule has 0 saturated carbocycles. The van der Waals surface area contributed by atoms with E-state index in [1.807, 2.05) is 13.8 Å². The lowest BCUT2D eigenvalue weighted by Gasteiger charge is -2.36. The molecule has 0 N–H and O–H groups in total. The van der Waals surface area contributed by atoms with Crippen molar-refractivity contribution in [2.75, 3.05) is 39.4 Å². The van der Waals surface area contributed by atoms with E-state index in [1.54, 1.807) is 17.0 Å². The molecule has 2 fully saturated rings.